The number of piperidine rings is 1. The monoisotopic (exact) mass is 421 g/mol. The maximum atomic E-state index is 13.1. The molecule has 2 atom stereocenters. The van der Waals surface area contributed by atoms with Gasteiger partial charge < -0.3 is 21.3 Å². The summed E-state index contributed by atoms with van der Waals surface area (Å²) in [5, 5.41) is 5.21. The van der Waals surface area contributed by atoms with Crippen molar-refractivity contribution in [3.05, 3.63) is 58.8 Å². The van der Waals surface area contributed by atoms with E-state index in [2.05, 4.69) is 15.6 Å². The van der Waals surface area contributed by atoms with Crippen molar-refractivity contribution < 1.29 is 19.2 Å². The summed E-state index contributed by atoms with van der Waals surface area (Å²) in [5.41, 5.74) is 7.69. The maximum absolute atomic E-state index is 13.1. The number of fused-ring (bicyclic) bond motifs is 1. The molecule has 2 aliphatic heterocycles. The molecular weight excluding hydrogens is 398 g/mol. The van der Waals surface area contributed by atoms with Crippen LogP contribution >= 0.6 is 0 Å². The van der Waals surface area contributed by atoms with Crippen LogP contribution in [-0.4, -0.2) is 40.1 Å². The third-order valence-electron chi connectivity index (χ3n) is 5.78. The fourth-order valence-electron chi connectivity index (χ4n) is 4.16. The van der Waals surface area contributed by atoms with Gasteiger partial charge >= 0.3 is 11.8 Å². The summed E-state index contributed by atoms with van der Waals surface area (Å²) in [7, 11) is 0. The molecule has 2 aromatic rings. The van der Waals surface area contributed by atoms with E-state index in [-0.39, 0.29) is 29.2 Å². The molecule has 1 saturated heterocycles. The molecule has 0 radical (unpaired) electrons. The highest BCUT2D eigenvalue weighted by atomic mass is 16.2. The third-order valence-corrected chi connectivity index (χ3v) is 5.78. The van der Waals surface area contributed by atoms with E-state index in [1.807, 2.05) is 19.1 Å². The van der Waals surface area contributed by atoms with E-state index in [9.17, 15) is 19.2 Å². The Kier molecular flexibility index (Phi) is 5.41. The van der Waals surface area contributed by atoms with Crippen LogP contribution < -0.4 is 16.4 Å². The van der Waals surface area contributed by atoms with Gasteiger partial charge in [-0.15, -0.1) is 0 Å². The Labute approximate surface area is 179 Å². The summed E-state index contributed by atoms with van der Waals surface area (Å²) in [6.45, 7) is 2.92. The van der Waals surface area contributed by atoms with Gasteiger partial charge in [-0.3, -0.25) is 19.2 Å². The van der Waals surface area contributed by atoms with Crippen molar-refractivity contribution in [3.63, 3.8) is 0 Å². The summed E-state index contributed by atoms with van der Waals surface area (Å²) in [6, 6.07) is 8.21. The lowest BCUT2D eigenvalue weighted by Gasteiger charge is -2.38. The fourth-order valence-corrected chi connectivity index (χ4v) is 4.16. The molecule has 1 aromatic heterocycles. The van der Waals surface area contributed by atoms with Crippen LogP contribution in [0, 0.1) is 5.92 Å². The van der Waals surface area contributed by atoms with Crippen molar-refractivity contribution in [1.29, 1.82) is 0 Å². The van der Waals surface area contributed by atoms with Crippen LogP contribution in [-0.2, 0) is 16.1 Å². The minimum absolute atomic E-state index is 0.0249. The molecule has 0 spiro atoms. The zero-order valence-corrected chi connectivity index (χ0v) is 17.1. The minimum Gasteiger partial charge on any atom is -0.365 e. The first-order valence-electron chi connectivity index (χ1n) is 10.1. The Morgan fingerprint density at radius 1 is 1.23 bits per heavy atom. The van der Waals surface area contributed by atoms with Crippen molar-refractivity contribution >= 4 is 29.4 Å². The third kappa shape index (κ3) is 3.98. The number of primary amides is 1. The van der Waals surface area contributed by atoms with Crippen LogP contribution in [0.15, 0.2) is 36.5 Å². The van der Waals surface area contributed by atoms with E-state index in [0.29, 0.717) is 25.1 Å². The number of rotatable bonds is 3. The summed E-state index contributed by atoms with van der Waals surface area (Å²) < 4.78 is 0. The van der Waals surface area contributed by atoms with Gasteiger partial charge in [0.2, 0.25) is 0 Å². The Bertz CT molecular complexity index is 1080. The van der Waals surface area contributed by atoms with E-state index in [0.717, 1.165) is 17.5 Å². The molecule has 2 aliphatic rings. The van der Waals surface area contributed by atoms with Gasteiger partial charge in [-0.25, -0.2) is 4.98 Å². The first kappa shape index (κ1) is 20.5. The van der Waals surface area contributed by atoms with Crippen LogP contribution in [0.1, 0.15) is 57.7 Å². The number of likely N-dealkylation sites (tertiary alicyclic amines) is 1. The molecule has 4 rings (SSSR count). The smallest absolute Gasteiger partial charge is 0.315 e. The molecule has 4 amide bonds. The number of aromatic nitrogens is 1. The Balaban J connectivity index is 1.59. The molecule has 0 saturated carbocycles. The Hall–Kier alpha value is -3.75. The van der Waals surface area contributed by atoms with E-state index in [4.69, 9.17) is 5.73 Å². The van der Waals surface area contributed by atoms with E-state index in [1.54, 1.807) is 6.07 Å². The van der Waals surface area contributed by atoms with Gasteiger partial charge in [-0.05, 0) is 48.1 Å². The lowest BCUT2D eigenvalue weighted by Crippen LogP contribution is -2.46. The molecule has 9 heteroatoms. The van der Waals surface area contributed by atoms with E-state index >= 15 is 0 Å². The quantitative estimate of drug-likeness (QED) is 0.643. The molecule has 9 nitrogen and oxygen atoms in total. The van der Waals surface area contributed by atoms with Crippen molar-refractivity contribution in [2.24, 2.45) is 11.7 Å². The summed E-state index contributed by atoms with van der Waals surface area (Å²) in [6.07, 6.45) is 2.97. The van der Waals surface area contributed by atoms with Crippen molar-refractivity contribution in [2.75, 3.05) is 11.9 Å². The highest BCUT2D eigenvalue weighted by Crippen LogP contribution is 2.35. The Morgan fingerprint density at radius 3 is 2.81 bits per heavy atom. The number of anilines is 1. The van der Waals surface area contributed by atoms with Crippen molar-refractivity contribution in [1.82, 2.24) is 15.2 Å². The van der Waals surface area contributed by atoms with Crippen LogP contribution in [0.25, 0.3) is 0 Å². The molecule has 0 bridgehead atoms. The largest absolute Gasteiger partial charge is 0.365 e. The molecule has 0 unspecified atom stereocenters. The lowest BCUT2D eigenvalue weighted by molar-refractivity contribution is -0.146. The van der Waals surface area contributed by atoms with Crippen LogP contribution in [0.5, 0.6) is 0 Å². The number of hydrogen-bond donors (Lipinski definition) is 3. The minimum atomic E-state index is -0.890. The number of benzene rings is 1. The summed E-state index contributed by atoms with van der Waals surface area (Å²) in [5.74, 6) is -2.32. The summed E-state index contributed by atoms with van der Waals surface area (Å²) in [4.78, 5) is 55.0. The first-order valence-corrected chi connectivity index (χ1v) is 10.1. The highest BCUT2D eigenvalue weighted by molar-refractivity contribution is 6.39. The van der Waals surface area contributed by atoms with Gasteiger partial charge in [0.05, 0.1) is 11.6 Å². The number of nitrogens with two attached hydrogens (primary N) is 1. The van der Waals surface area contributed by atoms with Gasteiger partial charge in [-0.1, -0.05) is 19.1 Å². The molecule has 1 aromatic carbocycles. The number of nitrogens with zero attached hydrogens (tertiary/aromatic N) is 2. The predicted molar refractivity (Wildman–Crippen MR) is 112 cm³/mol. The topological polar surface area (TPSA) is 134 Å². The number of amides is 4. The van der Waals surface area contributed by atoms with Gasteiger partial charge in [0.25, 0.3) is 11.8 Å². The maximum Gasteiger partial charge on any atom is 0.315 e. The number of carbonyl (C=O) groups is 4. The second kappa shape index (κ2) is 8.17. The predicted octanol–water partition coefficient (Wildman–Crippen LogP) is 1.36. The average Bonchev–Trinajstić information content (AvgIpc) is 3.13. The van der Waals surface area contributed by atoms with Gasteiger partial charge in [0.15, 0.2) is 0 Å². The van der Waals surface area contributed by atoms with Gasteiger partial charge in [0, 0.05) is 24.8 Å². The first-order chi connectivity index (χ1) is 14.8. The molecule has 0 aliphatic carbocycles. The zero-order valence-electron chi connectivity index (χ0n) is 17.1. The lowest BCUT2D eigenvalue weighted by atomic mass is 9.88. The van der Waals surface area contributed by atoms with Crippen LogP contribution in [0.3, 0.4) is 0 Å². The number of carbonyl (C=O) groups excluding carboxylic acids is 4. The molecule has 1 fully saturated rings. The highest BCUT2D eigenvalue weighted by Gasteiger charge is 2.35. The van der Waals surface area contributed by atoms with Crippen molar-refractivity contribution in [3.8, 4) is 0 Å². The SMILES string of the molecule is C[C@@H]1CC[C@@H](c2ccc3c(c2)C(=O)NC3)N(C(=O)C(=O)Nc2ncccc2C(N)=O)C1. The fraction of sp³-hybridized carbons (Fsp3) is 0.318. The zero-order chi connectivity index (χ0) is 22.1. The second-order valence-electron chi connectivity index (χ2n) is 7.97. The number of hydrogen-bond acceptors (Lipinski definition) is 5. The standard InChI is InChI=1S/C22H23N5O4/c1-12-4-7-17(13-5-6-14-10-25-20(29)16(14)9-13)27(11-12)22(31)21(30)26-19-15(18(23)28)3-2-8-24-19/h2-3,5-6,8-9,12,17H,4,7,10-11H2,1H3,(H2,23,28)(H,25,29)(H,24,26,30)/t12-,17+/m1/s1. The van der Waals surface area contributed by atoms with Crippen LogP contribution in [0.4, 0.5) is 5.82 Å². The molecule has 160 valence electrons. The molecule has 4 N–H and O–H groups in total. The van der Waals surface area contributed by atoms with Gasteiger partial charge in [0.1, 0.15) is 5.82 Å². The normalized spacial score (nSPS) is 20.0. The average molecular weight is 421 g/mol. The van der Waals surface area contributed by atoms with E-state index < -0.39 is 17.7 Å². The van der Waals surface area contributed by atoms with Crippen LogP contribution in [0.2, 0.25) is 0 Å². The molecular formula is C22H23N5O4. The van der Waals surface area contributed by atoms with E-state index in [1.165, 1.54) is 23.2 Å². The van der Waals surface area contributed by atoms with Gasteiger partial charge in [-0.2, -0.15) is 0 Å². The Morgan fingerprint density at radius 2 is 2.03 bits per heavy atom. The number of pyridine rings is 1. The molecule has 31 heavy (non-hydrogen) atoms. The van der Waals surface area contributed by atoms with Crippen molar-refractivity contribution in [2.45, 2.75) is 32.4 Å². The molecule has 3 heterocycles. The second-order valence-corrected chi connectivity index (χ2v) is 7.97. The number of nitrogens with one attached hydrogen (secondary N) is 2. The summed E-state index contributed by atoms with van der Waals surface area (Å²) >= 11 is 0.